The molecule has 0 aliphatic heterocycles. The molecule has 0 saturated heterocycles. The third kappa shape index (κ3) is 6.05. The number of nitrogens with two attached hydrogens (primary N) is 2. The first-order valence-electron chi connectivity index (χ1n) is 11.0. The molecule has 4 N–H and O–H groups in total. The summed E-state index contributed by atoms with van der Waals surface area (Å²) in [7, 11) is -3.18. The van der Waals surface area contributed by atoms with E-state index >= 15 is 0 Å². The minimum Gasteiger partial charge on any atom is -0.490 e. The number of aldehydes is 1. The molecule has 1 amide bonds. The third-order valence-corrected chi connectivity index (χ3v) is 7.73. The van der Waals surface area contributed by atoms with Gasteiger partial charge in [0.2, 0.25) is 0 Å². The maximum Gasteiger partial charge on any atom is 0.286 e. The molecule has 2 aromatic rings. The molecule has 182 valence electrons. The predicted octanol–water partition coefficient (Wildman–Crippen LogP) is 4.47. The zero-order chi connectivity index (χ0) is 24.9. The fraction of sp³-hybridized carbons (Fsp3) is 0.360. The van der Waals surface area contributed by atoms with Crippen LogP contribution in [0.3, 0.4) is 0 Å². The Morgan fingerprint density at radius 3 is 2.79 bits per heavy atom. The van der Waals surface area contributed by atoms with Gasteiger partial charge in [0.25, 0.3) is 5.91 Å². The van der Waals surface area contributed by atoms with Gasteiger partial charge in [0.1, 0.15) is 28.6 Å². The van der Waals surface area contributed by atoms with Crippen LogP contribution in [0.15, 0.2) is 53.4 Å². The highest BCUT2D eigenvalue weighted by molar-refractivity contribution is 7.91. The Morgan fingerprint density at radius 2 is 2.12 bits per heavy atom. The van der Waals surface area contributed by atoms with Crippen LogP contribution >= 0.6 is 11.6 Å². The van der Waals surface area contributed by atoms with Crippen LogP contribution in [0.5, 0.6) is 5.75 Å². The number of ether oxygens (including phenoxy) is 1. The second-order valence-electron chi connectivity index (χ2n) is 8.85. The van der Waals surface area contributed by atoms with Crippen LogP contribution in [0.1, 0.15) is 47.7 Å². The van der Waals surface area contributed by atoms with Gasteiger partial charge in [0.15, 0.2) is 0 Å². The first-order chi connectivity index (χ1) is 16.1. The number of hydrogen-bond acceptors (Lipinski definition) is 5. The van der Waals surface area contributed by atoms with E-state index in [1.54, 1.807) is 18.2 Å². The van der Waals surface area contributed by atoms with Gasteiger partial charge < -0.3 is 15.3 Å². The fourth-order valence-electron chi connectivity index (χ4n) is 4.30. The van der Waals surface area contributed by atoms with Gasteiger partial charge in [0.05, 0.1) is 11.1 Å². The summed E-state index contributed by atoms with van der Waals surface area (Å²) >= 11 is 6.12. The summed E-state index contributed by atoms with van der Waals surface area (Å²) in [5.41, 5.74) is 7.62. The van der Waals surface area contributed by atoms with Crippen molar-refractivity contribution in [1.82, 2.24) is 0 Å². The number of allylic oxidation sites excluding steroid dienone is 1. The van der Waals surface area contributed by atoms with Gasteiger partial charge in [-0.25, -0.2) is 9.35 Å². The summed E-state index contributed by atoms with van der Waals surface area (Å²) in [6.45, 7) is 5.61. The van der Waals surface area contributed by atoms with E-state index in [0.717, 1.165) is 30.3 Å². The summed E-state index contributed by atoms with van der Waals surface area (Å²) in [5.74, 6) is -0.300. The van der Waals surface area contributed by atoms with Gasteiger partial charge in [-0.3, -0.25) is 4.79 Å². The molecule has 0 aromatic heterocycles. The number of benzene rings is 2. The molecule has 0 saturated carbocycles. The van der Waals surface area contributed by atoms with Crippen LogP contribution in [-0.4, -0.2) is 28.8 Å². The predicted molar refractivity (Wildman–Crippen MR) is 136 cm³/mol. The number of carbonyl (C=O) groups excluding carboxylic acids is 2. The zero-order valence-corrected chi connectivity index (χ0v) is 20.7. The summed E-state index contributed by atoms with van der Waals surface area (Å²) in [6, 6.07) is 9.98. The summed E-state index contributed by atoms with van der Waals surface area (Å²) < 4.78 is 22.2. The number of amides is 1. The van der Waals surface area contributed by atoms with Crippen LogP contribution in [0, 0.1) is 5.92 Å². The molecule has 34 heavy (non-hydrogen) atoms. The van der Waals surface area contributed by atoms with Gasteiger partial charge in [-0.1, -0.05) is 30.7 Å². The molecule has 0 fully saturated rings. The molecule has 9 heteroatoms. The van der Waals surface area contributed by atoms with Gasteiger partial charge in [-0.2, -0.15) is 0 Å². The van der Waals surface area contributed by atoms with E-state index in [0.29, 0.717) is 23.6 Å². The van der Waals surface area contributed by atoms with Crippen LogP contribution < -0.4 is 15.6 Å². The number of carbonyl (C=O) groups is 2. The van der Waals surface area contributed by atoms with E-state index in [-0.39, 0.29) is 29.5 Å². The smallest absolute Gasteiger partial charge is 0.286 e. The van der Waals surface area contributed by atoms with Gasteiger partial charge >= 0.3 is 0 Å². The van der Waals surface area contributed by atoms with Crippen LogP contribution in [-0.2, 0) is 26.5 Å². The number of nitrogens with zero attached hydrogens (tertiary/aromatic N) is 1. The number of aryl methyl sites for hydroxylation is 1. The summed E-state index contributed by atoms with van der Waals surface area (Å²) in [6.07, 6.45) is 5.59. The largest absolute Gasteiger partial charge is 0.490 e. The molecule has 3 atom stereocenters. The highest BCUT2D eigenvalue weighted by Gasteiger charge is 2.37. The lowest BCUT2D eigenvalue weighted by molar-refractivity contribution is -0.114. The first-order valence-corrected chi connectivity index (χ1v) is 13.2. The zero-order valence-electron chi connectivity index (χ0n) is 19.2. The molecular formula is C25H30ClN3O4S. The van der Waals surface area contributed by atoms with Gasteiger partial charge in [0, 0.05) is 16.3 Å². The molecule has 1 aliphatic rings. The van der Waals surface area contributed by atoms with E-state index in [1.165, 1.54) is 12.1 Å². The van der Waals surface area contributed by atoms with Crippen molar-refractivity contribution in [2.75, 3.05) is 18.1 Å². The van der Waals surface area contributed by atoms with E-state index in [1.807, 2.05) is 19.1 Å². The van der Waals surface area contributed by atoms with Crippen LogP contribution in [0.4, 0.5) is 5.69 Å². The van der Waals surface area contributed by atoms with E-state index in [2.05, 4.69) is 10.9 Å². The van der Waals surface area contributed by atoms with E-state index in [4.69, 9.17) is 27.2 Å². The lowest BCUT2D eigenvalue weighted by Gasteiger charge is -2.34. The molecule has 0 bridgehead atoms. The number of nitrogen functional groups attached to an aromatic ring is 1. The molecule has 3 rings (SSSR count). The molecule has 0 heterocycles. The van der Waals surface area contributed by atoms with Crippen molar-refractivity contribution >= 4 is 39.4 Å². The topological polar surface area (TPSA) is 125 Å². The Labute approximate surface area is 205 Å². The molecule has 0 spiro atoms. The summed E-state index contributed by atoms with van der Waals surface area (Å²) in [4.78, 5) is 24.7. The van der Waals surface area contributed by atoms with Crippen molar-refractivity contribution in [1.29, 1.82) is 0 Å². The Bertz CT molecular complexity index is 1220. The van der Waals surface area contributed by atoms with Gasteiger partial charge in [-0.05, 0) is 73.1 Å². The van der Waals surface area contributed by atoms with Crippen molar-refractivity contribution in [2.45, 2.75) is 38.0 Å². The van der Waals surface area contributed by atoms with Crippen molar-refractivity contribution in [2.24, 2.45) is 15.4 Å². The number of rotatable bonds is 9. The molecule has 0 radical (unpaired) electrons. The monoisotopic (exact) mass is 503 g/mol. The van der Waals surface area contributed by atoms with Crippen molar-refractivity contribution < 1.29 is 18.5 Å². The minimum atomic E-state index is -3.18. The molecule has 7 nitrogen and oxygen atoms in total. The summed E-state index contributed by atoms with van der Waals surface area (Å²) in [5, 5.41) is 6.40. The van der Waals surface area contributed by atoms with Crippen molar-refractivity contribution in [3.63, 3.8) is 0 Å². The lowest BCUT2D eigenvalue weighted by Crippen LogP contribution is -2.38. The molecule has 1 aliphatic carbocycles. The van der Waals surface area contributed by atoms with Crippen molar-refractivity contribution in [3.05, 3.63) is 70.8 Å². The van der Waals surface area contributed by atoms with Gasteiger partial charge in [-0.15, -0.1) is 10.9 Å². The minimum absolute atomic E-state index is 0.0153. The fourth-order valence-corrected chi connectivity index (χ4v) is 5.91. The molecular weight excluding hydrogens is 474 g/mol. The maximum atomic E-state index is 12.5. The van der Waals surface area contributed by atoms with E-state index < -0.39 is 21.2 Å². The van der Waals surface area contributed by atoms with E-state index in [9.17, 15) is 13.8 Å². The lowest BCUT2D eigenvalue weighted by atomic mass is 9.71. The van der Waals surface area contributed by atoms with Crippen LogP contribution in [0.25, 0.3) is 0 Å². The number of halogens is 1. The molecule has 0 unspecified atom stereocenters. The second kappa shape index (κ2) is 10.7. The Morgan fingerprint density at radius 1 is 1.35 bits per heavy atom. The normalized spacial score (nSPS) is 19.9. The third-order valence-electron chi connectivity index (χ3n) is 5.97. The van der Waals surface area contributed by atoms with Crippen molar-refractivity contribution in [3.8, 4) is 5.75 Å². The standard InChI is InChI=1S/C25H30ClN3O4S/c1-3-5-17(2)14-34(28,32)29-24(31)19-7-10-23(22(27)13-19)33-16-25(15-30)11-4-6-18-12-20(26)8-9-21(18)25/h3,7-10,12-13,15,17H,1,4-6,11,14,16,27H2,2H3,(H2,28,29,31,32)/t17-,25-,34+/m0/s1. The molecule has 2 aromatic carbocycles. The number of fused-ring (bicyclic) bond motifs is 1. The average Bonchev–Trinajstić information content (AvgIpc) is 2.77. The number of anilines is 1. The average molecular weight is 504 g/mol. The highest BCUT2D eigenvalue weighted by Crippen LogP contribution is 2.38. The SMILES string of the molecule is C=CC[C@H](C)C[S@](N)(=O)=NC(=O)c1ccc(OC[C@@]2(C=O)CCCc3cc(Cl)ccc32)c(N)c1. The second-order valence-corrected chi connectivity index (χ2v) is 11.2. The Kier molecular flexibility index (Phi) is 8.17. The Hall–Kier alpha value is -2.68. The highest BCUT2D eigenvalue weighted by atomic mass is 35.5. The quantitative estimate of drug-likeness (QED) is 0.296. The maximum absolute atomic E-state index is 12.5. The van der Waals surface area contributed by atoms with Crippen LogP contribution in [0.2, 0.25) is 5.02 Å². The Balaban J connectivity index is 1.77. The number of hydrogen-bond donors (Lipinski definition) is 2. The first kappa shape index (κ1) is 25.9.